The number of anilines is 2. The molecule has 0 atom stereocenters. The molecule has 3 aromatic heterocycles. The van der Waals surface area contributed by atoms with E-state index in [1.54, 1.807) is 29.8 Å². The van der Waals surface area contributed by atoms with Gasteiger partial charge in [0.05, 0.1) is 15.2 Å². The molecule has 1 N–H and O–H groups in total. The van der Waals surface area contributed by atoms with Crippen LogP contribution in [0.4, 0.5) is 11.6 Å². The molecule has 26 heavy (non-hydrogen) atoms. The number of halogens is 1. The Hall–Kier alpha value is -2.25. The fourth-order valence-corrected chi connectivity index (χ4v) is 4.34. The summed E-state index contributed by atoms with van der Waals surface area (Å²) in [6.07, 6.45) is 4.73. The summed E-state index contributed by atoms with van der Waals surface area (Å²) >= 11 is 7.50. The second kappa shape index (κ2) is 7.17. The van der Waals surface area contributed by atoms with Gasteiger partial charge >= 0.3 is 0 Å². The van der Waals surface area contributed by atoms with Crippen molar-refractivity contribution in [1.82, 2.24) is 15.0 Å². The van der Waals surface area contributed by atoms with Crippen LogP contribution in [0.5, 0.6) is 0 Å². The molecule has 0 bridgehead atoms. The molecule has 0 spiro atoms. The lowest BCUT2D eigenvalue weighted by Gasteiger charge is -2.32. The zero-order chi connectivity index (χ0) is 18.1. The first-order chi connectivity index (χ1) is 12.6. The molecule has 3 aromatic rings. The van der Waals surface area contributed by atoms with E-state index >= 15 is 0 Å². The predicted octanol–water partition coefficient (Wildman–Crippen LogP) is 3.90. The molecule has 0 aliphatic carbocycles. The molecule has 1 aliphatic rings. The number of rotatable bonds is 3. The topological polar surface area (TPSA) is 71.0 Å². The zero-order valence-corrected chi connectivity index (χ0v) is 15.8. The smallest absolute Gasteiger partial charge is 0.228 e. The monoisotopic (exact) mass is 387 g/mol. The van der Waals surface area contributed by atoms with Gasteiger partial charge in [-0.25, -0.2) is 15.0 Å². The van der Waals surface area contributed by atoms with Crippen molar-refractivity contribution in [2.45, 2.75) is 19.8 Å². The summed E-state index contributed by atoms with van der Waals surface area (Å²) < 4.78 is 1.12. The van der Waals surface area contributed by atoms with Gasteiger partial charge in [-0.3, -0.25) is 4.79 Å². The first-order valence-electron chi connectivity index (χ1n) is 8.48. The number of hydrogen-bond donors (Lipinski definition) is 1. The lowest BCUT2D eigenvalue weighted by molar-refractivity contribution is -0.120. The molecule has 4 heterocycles. The molecule has 0 aromatic carbocycles. The summed E-state index contributed by atoms with van der Waals surface area (Å²) in [5.74, 6) is 1.50. The molecule has 1 amide bonds. The average molecular weight is 388 g/mol. The van der Waals surface area contributed by atoms with Gasteiger partial charge in [-0.2, -0.15) is 0 Å². The van der Waals surface area contributed by atoms with Gasteiger partial charge in [0.1, 0.15) is 18.0 Å². The van der Waals surface area contributed by atoms with Crippen molar-refractivity contribution in [3.8, 4) is 0 Å². The van der Waals surface area contributed by atoms with Gasteiger partial charge in [0.25, 0.3) is 0 Å². The van der Waals surface area contributed by atoms with Gasteiger partial charge in [0, 0.05) is 25.2 Å². The highest BCUT2D eigenvalue weighted by Gasteiger charge is 2.27. The molecule has 1 fully saturated rings. The van der Waals surface area contributed by atoms with Crippen molar-refractivity contribution in [3.05, 3.63) is 40.6 Å². The summed E-state index contributed by atoms with van der Waals surface area (Å²) in [5.41, 5.74) is 2.20. The molecule has 134 valence electrons. The van der Waals surface area contributed by atoms with E-state index in [4.69, 9.17) is 11.6 Å². The van der Waals surface area contributed by atoms with Gasteiger partial charge in [-0.05, 0) is 42.8 Å². The maximum Gasteiger partial charge on any atom is 0.228 e. The first kappa shape index (κ1) is 17.2. The highest BCUT2D eigenvalue weighted by molar-refractivity contribution is 7.18. The maximum atomic E-state index is 12.5. The molecular formula is C18H18ClN5OS. The average Bonchev–Trinajstić information content (AvgIpc) is 3.05. The molecule has 0 unspecified atom stereocenters. The van der Waals surface area contributed by atoms with Gasteiger partial charge in [0.2, 0.25) is 5.91 Å². The van der Waals surface area contributed by atoms with Crippen molar-refractivity contribution in [2.75, 3.05) is 23.3 Å². The molecular weight excluding hydrogens is 370 g/mol. The van der Waals surface area contributed by atoms with Crippen molar-refractivity contribution in [1.29, 1.82) is 0 Å². The third-order valence-electron chi connectivity index (χ3n) is 4.66. The van der Waals surface area contributed by atoms with Crippen LogP contribution in [-0.4, -0.2) is 33.9 Å². The number of amides is 1. The molecule has 8 heteroatoms. The van der Waals surface area contributed by atoms with Crippen molar-refractivity contribution >= 4 is 50.7 Å². The van der Waals surface area contributed by atoms with Gasteiger partial charge in [-0.1, -0.05) is 11.6 Å². The van der Waals surface area contributed by atoms with E-state index in [9.17, 15) is 4.79 Å². The largest absolute Gasteiger partial charge is 0.355 e. The van der Waals surface area contributed by atoms with Crippen LogP contribution in [0.3, 0.4) is 0 Å². The highest BCUT2D eigenvalue weighted by atomic mass is 35.5. The summed E-state index contributed by atoms with van der Waals surface area (Å²) in [6.45, 7) is 3.67. The molecule has 0 radical (unpaired) electrons. The lowest BCUT2D eigenvalue weighted by atomic mass is 9.96. The normalized spacial score (nSPS) is 15.4. The predicted molar refractivity (Wildman–Crippen MR) is 105 cm³/mol. The Morgan fingerprint density at radius 1 is 1.27 bits per heavy atom. The van der Waals surface area contributed by atoms with E-state index < -0.39 is 0 Å². The number of nitrogens with zero attached hydrogens (tertiary/aromatic N) is 4. The number of thiophene rings is 1. The van der Waals surface area contributed by atoms with Crippen molar-refractivity contribution in [2.24, 2.45) is 5.92 Å². The fourth-order valence-electron chi connectivity index (χ4n) is 3.21. The van der Waals surface area contributed by atoms with Crippen LogP contribution in [0.25, 0.3) is 10.2 Å². The SMILES string of the molecule is Cc1csc2c(N3CCC(C(=O)Nc4ccc(Cl)cn4)CC3)ncnc12. The van der Waals surface area contributed by atoms with Crippen LogP contribution in [0, 0.1) is 12.8 Å². The summed E-state index contributed by atoms with van der Waals surface area (Å²) in [6, 6.07) is 3.43. The third-order valence-corrected chi connectivity index (χ3v) is 5.96. The van der Waals surface area contributed by atoms with E-state index in [1.165, 1.54) is 11.8 Å². The minimum absolute atomic E-state index is 0.0132. The first-order valence-corrected chi connectivity index (χ1v) is 9.74. The Bertz CT molecular complexity index is 934. The molecule has 1 saturated heterocycles. The number of fused-ring (bicyclic) bond motifs is 1. The number of carbonyl (C=O) groups excluding carboxylic acids is 1. The number of hydrogen-bond acceptors (Lipinski definition) is 6. The Balaban J connectivity index is 1.42. The number of nitrogens with one attached hydrogen (secondary N) is 1. The van der Waals surface area contributed by atoms with E-state index in [1.807, 2.05) is 0 Å². The summed E-state index contributed by atoms with van der Waals surface area (Å²) in [4.78, 5) is 27.7. The second-order valence-electron chi connectivity index (χ2n) is 6.41. The number of aromatic nitrogens is 3. The van der Waals surface area contributed by atoms with Crippen LogP contribution >= 0.6 is 22.9 Å². The molecule has 4 rings (SSSR count). The lowest BCUT2D eigenvalue weighted by Crippen LogP contribution is -2.38. The fraction of sp³-hybridized carbons (Fsp3) is 0.333. The Labute approximate surface area is 160 Å². The van der Waals surface area contributed by atoms with E-state index in [0.717, 1.165) is 42.0 Å². The van der Waals surface area contributed by atoms with E-state index in [0.29, 0.717) is 10.8 Å². The summed E-state index contributed by atoms with van der Waals surface area (Å²) in [5, 5.41) is 5.54. The van der Waals surface area contributed by atoms with Crippen LogP contribution < -0.4 is 10.2 Å². The molecule has 1 aliphatic heterocycles. The molecule has 0 saturated carbocycles. The number of piperidine rings is 1. The zero-order valence-electron chi connectivity index (χ0n) is 14.3. The third kappa shape index (κ3) is 3.37. The van der Waals surface area contributed by atoms with Crippen LogP contribution in [-0.2, 0) is 4.79 Å². The second-order valence-corrected chi connectivity index (χ2v) is 7.72. The van der Waals surface area contributed by atoms with Crippen LogP contribution in [0.15, 0.2) is 30.0 Å². The van der Waals surface area contributed by atoms with Crippen molar-refractivity contribution in [3.63, 3.8) is 0 Å². The number of pyridine rings is 1. The summed E-state index contributed by atoms with van der Waals surface area (Å²) in [7, 11) is 0. The van der Waals surface area contributed by atoms with E-state index in [2.05, 4.69) is 37.5 Å². The molecule has 6 nitrogen and oxygen atoms in total. The quantitative estimate of drug-likeness (QED) is 0.737. The van der Waals surface area contributed by atoms with Crippen LogP contribution in [0.1, 0.15) is 18.4 Å². The Morgan fingerprint density at radius 2 is 2.08 bits per heavy atom. The minimum Gasteiger partial charge on any atom is -0.355 e. The van der Waals surface area contributed by atoms with Gasteiger partial charge in [0.15, 0.2) is 0 Å². The Morgan fingerprint density at radius 3 is 2.81 bits per heavy atom. The van der Waals surface area contributed by atoms with Gasteiger partial charge < -0.3 is 10.2 Å². The Kier molecular flexibility index (Phi) is 4.74. The number of carbonyl (C=O) groups is 1. The van der Waals surface area contributed by atoms with Crippen molar-refractivity contribution < 1.29 is 4.79 Å². The minimum atomic E-state index is -0.0221. The highest BCUT2D eigenvalue weighted by Crippen LogP contribution is 2.33. The van der Waals surface area contributed by atoms with E-state index in [-0.39, 0.29) is 11.8 Å². The van der Waals surface area contributed by atoms with Gasteiger partial charge in [-0.15, -0.1) is 11.3 Å². The number of aryl methyl sites for hydroxylation is 1. The standard InChI is InChI=1S/C18H18ClN5OS/c1-11-9-26-16-15(11)21-10-22-17(16)24-6-4-12(5-7-24)18(25)23-14-3-2-13(19)8-20-14/h2-3,8-10,12H,4-7H2,1H3,(H,20,23,25). The maximum absolute atomic E-state index is 12.5. The van der Waals surface area contributed by atoms with Crippen LogP contribution in [0.2, 0.25) is 5.02 Å².